The van der Waals surface area contributed by atoms with E-state index in [4.69, 9.17) is 4.74 Å². The van der Waals surface area contributed by atoms with Gasteiger partial charge >= 0.3 is 0 Å². The average Bonchev–Trinajstić information content (AvgIpc) is 3.15. The zero-order valence-electron chi connectivity index (χ0n) is 13.1. The minimum Gasteiger partial charge on any atom is -0.376 e. The predicted octanol–water partition coefficient (Wildman–Crippen LogP) is 1.69. The predicted molar refractivity (Wildman–Crippen MR) is 89.1 cm³/mol. The summed E-state index contributed by atoms with van der Waals surface area (Å²) >= 11 is 1.79. The third-order valence-corrected chi connectivity index (χ3v) is 4.68. The number of aliphatic imine (C=N–C) groups is 1. The summed E-state index contributed by atoms with van der Waals surface area (Å²) in [5, 5.41) is 8.88. The number of rotatable bonds is 6. The highest BCUT2D eigenvalue weighted by Crippen LogP contribution is 2.22. The van der Waals surface area contributed by atoms with Gasteiger partial charge in [-0.3, -0.25) is 4.99 Å². The number of nitrogens with one attached hydrogen (secondary N) is 2. The summed E-state index contributed by atoms with van der Waals surface area (Å²) in [6.07, 6.45) is 2.63. The molecule has 2 N–H and O–H groups in total. The fraction of sp³-hybridized carbons (Fsp3) is 0.667. The largest absolute Gasteiger partial charge is 0.376 e. The van der Waals surface area contributed by atoms with Crippen molar-refractivity contribution in [1.82, 2.24) is 15.5 Å². The van der Waals surface area contributed by atoms with E-state index in [-0.39, 0.29) is 0 Å². The van der Waals surface area contributed by atoms with Crippen LogP contribution in [0.1, 0.15) is 23.8 Å². The SMILES string of the molecule is CN=C(NCC1CCCO1)NCC(c1cccs1)N(C)C. The number of likely N-dealkylation sites (N-methyl/N-ethyl adjacent to an activating group) is 1. The third-order valence-electron chi connectivity index (χ3n) is 3.70. The van der Waals surface area contributed by atoms with Gasteiger partial charge in [-0.25, -0.2) is 0 Å². The molecule has 0 amide bonds. The molecule has 21 heavy (non-hydrogen) atoms. The molecular formula is C15H26N4OS. The molecule has 0 radical (unpaired) electrons. The highest BCUT2D eigenvalue weighted by atomic mass is 32.1. The number of hydrogen-bond donors (Lipinski definition) is 2. The number of hydrogen-bond acceptors (Lipinski definition) is 4. The smallest absolute Gasteiger partial charge is 0.191 e. The van der Waals surface area contributed by atoms with Crippen LogP contribution in [0.15, 0.2) is 22.5 Å². The van der Waals surface area contributed by atoms with Crippen LogP contribution in [-0.4, -0.2) is 57.8 Å². The van der Waals surface area contributed by atoms with Crippen LogP contribution < -0.4 is 10.6 Å². The number of nitrogens with zero attached hydrogens (tertiary/aromatic N) is 2. The van der Waals surface area contributed by atoms with Crippen molar-refractivity contribution in [3.05, 3.63) is 22.4 Å². The fourth-order valence-electron chi connectivity index (χ4n) is 2.45. The fourth-order valence-corrected chi connectivity index (χ4v) is 3.37. The van der Waals surface area contributed by atoms with Crippen LogP contribution >= 0.6 is 11.3 Å². The molecule has 1 aliphatic rings. The molecular weight excluding hydrogens is 284 g/mol. The Hall–Kier alpha value is -1.11. The van der Waals surface area contributed by atoms with Crippen molar-refractivity contribution in [3.8, 4) is 0 Å². The van der Waals surface area contributed by atoms with Crippen molar-refractivity contribution in [3.63, 3.8) is 0 Å². The lowest BCUT2D eigenvalue weighted by Gasteiger charge is -2.25. The van der Waals surface area contributed by atoms with Crippen molar-refractivity contribution in [2.24, 2.45) is 4.99 Å². The summed E-state index contributed by atoms with van der Waals surface area (Å²) in [5.74, 6) is 0.842. The van der Waals surface area contributed by atoms with Gasteiger partial charge in [-0.15, -0.1) is 11.3 Å². The molecule has 1 fully saturated rings. The second-order valence-corrected chi connectivity index (χ2v) is 6.44. The zero-order chi connectivity index (χ0) is 15.1. The van der Waals surface area contributed by atoms with Crippen molar-refractivity contribution in [2.45, 2.75) is 25.0 Å². The van der Waals surface area contributed by atoms with E-state index in [2.05, 4.69) is 52.1 Å². The molecule has 1 saturated heterocycles. The number of guanidine groups is 1. The molecule has 1 aromatic rings. The van der Waals surface area contributed by atoms with Gasteiger partial charge in [-0.1, -0.05) is 6.07 Å². The second-order valence-electron chi connectivity index (χ2n) is 5.46. The van der Waals surface area contributed by atoms with Crippen LogP contribution in [0.5, 0.6) is 0 Å². The van der Waals surface area contributed by atoms with Crippen LogP contribution in [-0.2, 0) is 4.74 Å². The van der Waals surface area contributed by atoms with E-state index in [1.54, 1.807) is 18.4 Å². The van der Waals surface area contributed by atoms with Crippen LogP contribution in [0.25, 0.3) is 0 Å². The Bertz CT molecular complexity index is 427. The second kappa shape index (κ2) is 8.36. The minimum absolute atomic E-state index is 0.325. The highest BCUT2D eigenvalue weighted by Gasteiger charge is 2.17. The van der Waals surface area contributed by atoms with Gasteiger partial charge in [0.15, 0.2) is 5.96 Å². The first-order valence-corrected chi connectivity index (χ1v) is 8.34. The molecule has 0 aromatic carbocycles. The molecule has 2 heterocycles. The van der Waals surface area contributed by atoms with Gasteiger partial charge in [0.2, 0.25) is 0 Å². The molecule has 118 valence electrons. The molecule has 0 aliphatic carbocycles. The summed E-state index contributed by atoms with van der Waals surface area (Å²) in [4.78, 5) is 7.88. The summed E-state index contributed by atoms with van der Waals surface area (Å²) < 4.78 is 5.62. The van der Waals surface area contributed by atoms with E-state index >= 15 is 0 Å². The lowest BCUT2D eigenvalue weighted by Crippen LogP contribution is -2.44. The maximum atomic E-state index is 5.62. The van der Waals surface area contributed by atoms with E-state index in [1.807, 2.05) is 0 Å². The Kier molecular flexibility index (Phi) is 6.48. The molecule has 1 aromatic heterocycles. The minimum atomic E-state index is 0.325. The highest BCUT2D eigenvalue weighted by molar-refractivity contribution is 7.10. The molecule has 5 nitrogen and oxygen atoms in total. The van der Waals surface area contributed by atoms with E-state index in [1.165, 1.54) is 11.3 Å². The van der Waals surface area contributed by atoms with E-state index in [0.29, 0.717) is 12.1 Å². The van der Waals surface area contributed by atoms with Crippen LogP contribution in [0.2, 0.25) is 0 Å². The summed E-state index contributed by atoms with van der Waals surface area (Å²) in [5.41, 5.74) is 0. The maximum absolute atomic E-state index is 5.62. The molecule has 1 aliphatic heterocycles. The third kappa shape index (κ3) is 4.98. The van der Waals surface area contributed by atoms with Crippen LogP contribution in [0.4, 0.5) is 0 Å². The molecule has 2 unspecified atom stereocenters. The lowest BCUT2D eigenvalue weighted by atomic mass is 10.2. The van der Waals surface area contributed by atoms with Gasteiger partial charge in [0.1, 0.15) is 0 Å². The van der Waals surface area contributed by atoms with E-state index < -0.39 is 0 Å². The van der Waals surface area contributed by atoms with Gasteiger partial charge < -0.3 is 20.3 Å². The van der Waals surface area contributed by atoms with E-state index in [0.717, 1.165) is 32.1 Å². The molecule has 2 rings (SSSR count). The Morgan fingerprint density at radius 1 is 1.52 bits per heavy atom. The van der Waals surface area contributed by atoms with Crippen molar-refractivity contribution in [2.75, 3.05) is 40.8 Å². The van der Waals surface area contributed by atoms with Crippen molar-refractivity contribution in [1.29, 1.82) is 0 Å². The Morgan fingerprint density at radius 3 is 2.95 bits per heavy atom. The molecule has 2 atom stereocenters. The van der Waals surface area contributed by atoms with Crippen molar-refractivity contribution < 1.29 is 4.74 Å². The molecule has 0 saturated carbocycles. The van der Waals surface area contributed by atoms with E-state index in [9.17, 15) is 0 Å². The average molecular weight is 310 g/mol. The first-order chi connectivity index (χ1) is 10.2. The van der Waals surface area contributed by atoms with Gasteiger partial charge in [-0.2, -0.15) is 0 Å². The normalized spacial score (nSPS) is 20.8. The standard InChI is InChI=1S/C15H26N4OS/c1-16-15(17-10-12-6-4-8-20-12)18-11-13(19(2)3)14-7-5-9-21-14/h5,7,9,12-13H,4,6,8,10-11H2,1-3H3,(H2,16,17,18). The van der Waals surface area contributed by atoms with Gasteiger partial charge in [0, 0.05) is 31.6 Å². The first kappa shape index (κ1) is 16.3. The first-order valence-electron chi connectivity index (χ1n) is 7.46. The van der Waals surface area contributed by atoms with Crippen LogP contribution in [0.3, 0.4) is 0 Å². The topological polar surface area (TPSA) is 48.9 Å². The number of ether oxygens (including phenoxy) is 1. The summed E-state index contributed by atoms with van der Waals surface area (Å²) in [7, 11) is 6.02. The Morgan fingerprint density at radius 2 is 2.38 bits per heavy atom. The van der Waals surface area contributed by atoms with Gasteiger partial charge in [0.05, 0.1) is 12.1 Å². The lowest BCUT2D eigenvalue weighted by molar-refractivity contribution is 0.113. The monoisotopic (exact) mass is 310 g/mol. The Labute approximate surface area is 131 Å². The van der Waals surface area contributed by atoms with Gasteiger partial charge in [0.25, 0.3) is 0 Å². The summed E-state index contributed by atoms with van der Waals surface area (Å²) in [6, 6.07) is 4.63. The molecule has 6 heteroatoms. The quantitative estimate of drug-likeness (QED) is 0.620. The Balaban J connectivity index is 1.80. The number of thiophene rings is 1. The molecule has 0 bridgehead atoms. The van der Waals surface area contributed by atoms with Crippen molar-refractivity contribution >= 4 is 17.3 Å². The zero-order valence-corrected chi connectivity index (χ0v) is 13.9. The van der Waals surface area contributed by atoms with Crippen LogP contribution in [0, 0.1) is 0 Å². The summed E-state index contributed by atoms with van der Waals surface area (Å²) in [6.45, 7) is 2.55. The molecule has 0 spiro atoms. The van der Waals surface area contributed by atoms with Gasteiger partial charge in [-0.05, 0) is 38.4 Å². The maximum Gasteiger partial charge on any atom is 0.191 e.